The predicted molar refractivity (Wildman–Crippen MR) is 177 cm³/mol. The normalized spacial score (nSPS) is 21.3. The zero-order valence-electron chi connectivity index (χ0n) is 25.5. The van der Waals surface area contributed by atoms with Crippen LogP contribution in [0.15, 0.2) is 60.7 Å². The number of halogens is 1. The summed E-state index contributed by atoms with van der Waals surface area (Å²) in [5.74, 6) is 1.20. The van der Waals surface area contributed by atoms with Crippen LogP contribution in [-0.2, 0) is 6.42 Å². The van der Waals surface area contributed by atoms with Crippen LogP contribution in [-0.4, -0.2) is 66.4 Å². The van der Waals surface area contributed by atoms with Crippen LogP contribution in [0.1, 0.15) is 62.5 Å². The number of ether oxygens (including phenoxy) is 2. The van der Waals surface area contributed by atoms with Crippen LogP contribution in [0.5, 0.6) is 17.2 Å². The van der Waals surface area contributed by atoms with Gasteiger partial charge in [0.1, 0.15) is 24.2 Å². The summed E-state index contributed by atoms with van der Waals surface area (Å²) in [5, 5.41) is 11.3. The summed E-state index contributed by atoms with van der Waals surface area (Å²) in [6.07, 6.45) is 10.2. The monoisotopic (exact) mass is 614 g/mol. The fraction of sp³-hybridized carbons (Fsp3) is 0.459. The molecule has 0 bridgehead atoms. The molecular weight excluding hydrogens is 571 g/mol. The zero-order chi connectivity index (χ0) is 29.9. The second kappa shape index (κ2) is 13.5. The van der Waals surface area contributed by atoms with Crippen LogP contribution in [0.2, 0.25) is 0 Å². The Hall–Kier alpha value is -3.13. The maximum Gasteiger partial charge on any atom is 0.165 e. The number of thiophene rings is 1. The fourth-order valence-corrected chi connectivity index (χ4v) is 8.63. The summed E-state index contributed by atoms with van der Waals surface area (Å²) < 4.78 is 29.0. The van der Waals surface area contributed by atoms with Crippen molar-refractivity contribution in [1.82, 2.24) is 9.80 Å². The first-order valence-corrected chi connectivity index (χ1v) is 17.3. The van der Waals surface area contributed by atoms with Crippen molar-refractivity contribution in [2.24, 2.45) is 0 Å². The van der Waals surface area contributed by atoms with Crippen LogP contribution in [0.25, 0.3) is 20.5 Å². The molecule has 1 aromatic heterocycles. The van der Waals surface area contributed by atoms with Gasteiger partial charge in [0.15, 0.2) is 11.6 Å². The van der Waals surface area contributed by atoms with Crippen molar-refractivity contribution in [1.29, 1.82) is 0 Å². The summed E-state index contributed by atoms with van der Waals surface area (Å²) in [4.78, 5) is 6.14. The maximum atomic E-state index is 15.6. The number of phenolic OH excluding ortho intramolecular Hbond substituents is 1. The maximum absolute atomic E-state index is 15.6. The Labute approximate surface area is 264 Å². The van der Waals surface area contributed by atoms with E-state index in [0.717, 1.165) is 76.3 Å². The van der Waals surface area contributed by atoms with Gasteiger partial charge in [0.05, 0.1) is 0 Å². The van der Waals surface area contributed by atoms with E-state index in [2.05, 4.69) is 21.9 Å². The molecule has 2 saturated heterocycles. The lowest BCUT2D eigenvalue weighted by Gasteiger charge is -2.37. The minimum absolute atomic E-state index is 0.0504. The lowest BCUT2D eigenvalue weighted by Crippen LogP contribution is -2.46. The number of phenols is 1. The quantitative estimate of drug-likeness (QED) is 0.195. The highest BCUT2D eigenvalue weighted by Crippen LogP contribution is 2.42. The molecule has 0 radical (unpaired) electrons. The first-order chi connectivity index (χ1) is 21.6. The molecular formula is C37H43FN2O3S. The van der Waals surface area contributed by atoms with Crippen LogP contribution in [0.4, 0.5) is 4.39 Å². The number of nitrogens with zero attached hydrogens (tertiary/aromatic N) is 2. The van der Waals surface area contributed by atoms with Crippen LogP contribution >= 0.6 is 11.3 Å². The molecule has 7 heteroatoms. The van der Waals surface area contributed by atoms with E-state index in [0.29, 0.717) is 24.8 Å². The van der Waals surface area contributed by atoms with E-state index >= 15 is 4.39 Å². The molecule has 4 aromatic rings. The molecule has 1 saturated carbocycles. The highest BCUT2D eigenvalue weighted by atomic mass is 32.1. The van der Waals surface area contributed by atoms with E-state index in [-0.39, 0.29) is 17.7 Å². The first kappa shape index (κ1) is 29.6. The minimum atomic E-state index is -0.289. The average molecular weight is 615 g/mol. The molecule has 5 nitrogen and oxygen atoms in total. The summed E-state index contributed by atoms with van der Waals surface area (Å²) in [6, 6.07) is 19.7. The van der Waals surface area contributed by atoms with Gasteiger partial charge in [0, 0.05) is 22.2 Å². The second-order valence-corrected chi connectivity index (χ2v) is 13.8. The van der Waals surface area contributed by atoms with Crippen molar-refractivity contribution >= 4 is 21.4 Å². The lowest BCUT2D eigenvalue weighted by atomic mass is 9.91. The van der Waals surface area contributed by atoms with E-state index in [1.54, 1.807) is 23.5 Å². The molecule has 2 aliphatic heterocycles. The number of hydrogen-bond donors (Lipinski definition) is 1. The van der Waals surface area contributed by atoms with Crippen molar-refractivity contribution < 1.29 is 19.0 Å². The topological polar surface area (TPSA) is 45.2 Å². The minimum Gasteiger partial charge on any atom is -0.508 e. The molecule has 0 unspecified atom stereocenters. The van der Waals surface area contributed by atoms with Crippen molar-refractivity contribution in [3.8, 4) is 27.7 Å². The van der Waals surface area contributed by atoms with Crippen LogP contribution < -0.4 is 9.47 Å². The van der Waals surface area contributed by atoms with E-state index in [1.807, 2.05) is 36.4 Å². The van der Waals surface area contributed by atoms with Gasteiger partial charge < -0.3 is 14.6 Å². The molecule has 1 N–H and O–H groups in total. The Morgan fingerprint density at radius 1 is 0.841 bits per heavy atom. The number of aromatic hydroxyl groups is 1. The SMILES string of the molecule is Oc1ccc2c(Cc3ccc(O[C@H]4CCCC[C@@H]4N4CCCC4)c(F)c3)c(-c3ccc(OCCN4CCCC4)cc3)sc2c1. The Kier molecular flexibility index (Phi) is 9.05. The van der Waals surface area contributed by atoms with Crippen molar-refractivity contribution in [3.05, 3.63) is 77.6 Å². The molecule has 3 fully saturated rings. The number of hydrogen-bond acceptors (Lipinski definition) is 6. The number of rotatable bonds is 10. The van der Waals surface area contributed by atoms with Crippen molar-refractivity contribution in [2.75, 3.05) is 39.3 Å². The summed E-state index contributed by atoms with van der Waals surface area (Å²) in [7, 11) is 0. The molecule has 1 aliphatic carbocycles. The molecule has 0 spiro atoms. The zero-order valence-corrected chi connectivity index (χ0v) is 26.3. The van der Waals surface area contributed by atoms with E-state index in [9.17, 15) is 5.11 Å². The van der Waals surface area contributed by atoms with Crippen molar-refractivity contribution in [3.63, 3.8) is 0 Å². The lowest BCUT2D eigenvalue weighted by molar-refractivity contribution is 0.0460. The van der Waals surface area contributed by atoms with Gasteiger partial charge in [-0.2, -0.15) is 0 Å². The Morgan fingerprint density at radius 3 is 2.41 bits per heavy atom. The Morgan fingerprint density at radius 2 is 1.61 bits per heavy atom. The summed E-state index contributed by atoms with van der Waals surface area (Å²) >= 11 is 1.66. The third kappa shape index (κ3) is 6.60. The molecule has 7 rings (SSSR count). The van der Waals surface area contributed by atoms with Crippen LogP contribution in [0.3, 0.4) is 0 Å². The highest BCUT2D eigenvalue weighted by molar-refractivity contribution is 7.22. The third-order valence-electron chi connectivity index (χ3n) is 9.70. The van der Waals surface area contributed by atoms with E-state index < -0.39 is 0 Å². The largest absolute Gasteiger partial charge is 0.508 e. The average Bonchev–Trinajstić information content (AvgIpc) is 3.82. The van der Waals surface area contributed by atoms with Gasteiger partial charge in [-0.15, -0.1) is 11.3 Å². The molecule has 3 aliphatic rings. The number of likely N-dealkylation sites (tertiary alicyclic amines) is 2. The molecule has 3 aromatic carbocycles. The summed E-state index contributed by atoms with van der Waals surface area (Å²) in [5.41, 5.74) is 3.14. The van der Waals surface area contributed by atoms with Gasteiger partial charge in [-0.25, -0.2) is 4.39 Å². The van der Waals surface area contributed by atoms with E-state index in [4.69, 9.17) is 9.47 Å². The second-order valence-electron chi connectivity index (χ2n) is 12.7. The van der Waals surface area contributed by atoms with E-state index in [1.165, 1.54) is 45.2 Å². The van der Waals surface area contributed by atoms with Crippen LogP contribution in [0, 0.1) is 5.82 Å². The Bertz CT molecular complexity index is 1560. The molecule has 3 heterocycles. The predicted octanol–water partition coefficient (Wildman–Crippen LogP) is 8.26. The third-order valence-corrected chi connectivity index (χ3v) is 10.9. The highest BCUT2D eigenvalue weighted by Gasteiger charge is 2.33. The molecule has 232 valence electrons. The van der Waals surface area contributed by atoms with Crippen molar-refractivity contribution in [2.45, 2.75) is 69.9 Å². The number of benzene rings is 3. The molecule has 2 atom stereocenters. The van der Waals surface area contributed by atoms with Gasteiger partial charge in [0.2, 0.25) is 0 Å². The Balaban J connectivity index is 1.09. The van der Waals surface area contributed by atoms with Gasteiger partial charge in [-0.05, 0) is 154 Å². The molecule has 0 amide bonds. The fourth-order valence-electron chi connectivity index (χ4n) is 7.37. The first-order valence-electron chi connectivity index (χ1n) is 16.5. The smallest absolute Gasteiger partial charge is 0.165 e. The number of fused-ring (bicyclic) bond motifs is 1. The van der Waals surface area contributed by atoms with Gasteiger partial charge in [-0.1, -0.05) is 12.5 Å². The summed E-state index contributed by atoms with van der Waals surface area (Å²) in [6.45, 7) is 6.27. The standard InChI is InChI=1S/C37H43FN2O3S/c38-32-24-26(9-16-34(32)43-35-8-2-1-7-33(35)40-19-5-6-20-40)23-31-30-15-12-28(41)25-36(30)44-37(31)27-10-13-29(14-11-27)42-22-21-39-17-3-4-18-39/h9-16,24-25,33,35,41H,1-8,17-23H2/t33-,35-/m0/s1. The van der Waals surface area contributed by atoms with Gasteiger partial charge in [-0.3, -0.25) is 9.80 Å². The van der Waals surface area contributed by atoms with Gasteiger partial charge in [0.25, 0.3) is 0 Å². The van der Waals surface area contributed by atoms with Gasteiger partial charge >= 0.3 is 0 Å². The molecule has 44 heavy (non-hydrogen) atoms.